The molecule has 0 spiro atoms. The molecule has 0 heterocycles. The molecule has 3 saturated carbocycles. The topological polar surface area (TPSA) is 60.4 Å². The third-order valence-electron chi connectivity index (χ3n) is 6.57. The molecule has 4 rings (SSSR count). The zero-order chi connectivity index (χ0) is 16.3. The molecule has 4 nitrogen and oxygen atoms in total. The van der Waals surface area contributed by atoms with Crippen LogP contribution in [-0.4, -0.2) is 24.1 Å². The van der Waals surface area contributed by atoms with E-state index in [9.17, 15) is 14.4 Å². The highest BCUT2D eigenvalue weighted by Crippen LogP contribution is 2.64. The first-order chi connectivity index (χ1) is 11.0. The third kappa shape index (κ3) is 1.99. The van der Waals surface area contributed by atoms with E-state index in [0.717, 1.165) is 12.8 Å². The average molecular weight is 316 g/mol. The minimum atomic E-state index is -0.317. The molecule has 0 aromatic rings. The van der Waals surface area contributed by atoms with Crippen molar-refractivity contribution >= 4 is 17.5 Å². The van der Waals surface area contributed by atoms with Crippen molar-refractivity contribution in [3.63, 3.8) is 0 Å². The molecule has 0 N–H and O–H groups in total. The van der Waals surface area contributed by atoms with E-state index in [1.807, 2.05) is 12.2 Å². The van der Waals surface area contributed by atoms with Crippen LogP contribution in [0.1, 0.15) is 33.1 Å². The number of esters is 1. The summed E-state index contributed by atoms with van der Waals surface area (Å²) in [6.45, 7) is 4.64. The molecular weight excluding hydrogens is 292 g/mol. The van der Waals surface area contributed by atoms with E-state index >= 15 is 0 Å². The Morgan fingerprint density at radius 3 is 2.61 bits per heavy atom. The average Bonchev–Trinajstić information content (AvgIpc) is 3.22. The Morgan fingerprint density at radius 1 is 1.22 bits per heavy atom. The number of hydrogen-bond acceptors (Lipinski definition) is 4. The van der Waals surface area contributed by atoms with Crippen LogP contribution in [0.5, 0.6) is 0 Å². The zero-order valence-corrected chi connectivity index (χ0v) is 13.7. The lowest BCUT2D eigenvalue weighted by Crippen LogP contribution is -2.36. The van der Waals surface area contributed by atoms with Gasteiger partial charge in [0.25, 0.3) is 0 Å². The van der Waals surface area contributed by atoms with Crippen LogP contribution in [-0.2, 0) is 19.1 Å². The lowest BCUT2D eigenvalue weighted by atomic mass is 9.69. The molecule has 4 aliphatic carbocycles. The smallest absolute Gasteiger partial charge is 0.309 e. The van der Waals surface area contributed by atoms with Crippen LogP contribution in [0.15, 0.2) is 12.2 Å². The van der Waals surface area contributed by atoms with Gasteiger partial charge < -0.3 is 4.74 Å². The van der Waals surface area contributed by atoms with E-state index in [1.54, 1.807) is 0 Å². The van der Waals surface area contributed by atoms with Crippen LogP contribution in [0.2, 0.25) is 0 Å². The van der Waals surface area contributed by atoms with Gasteiger partial charge in [0.1, 0.15) is 11.6 Å². The fourth-order valence-corrected chi connectivity index (χ4v) is 5.68. The fraction of sp³-hybridized carbons (Fsp3) is 0.737. The summed E-state index contributed by atoms with van der Waals surface area (Å²) >= 11 is 0. The maximum absolute atomic E-state index is 12.6. The Bertz CT molecular complexity index is 592. The van der Waals surface area contributed by atoms with Crippen LogP contribution < -0.4 is 0 Å². The summed E-state index contributed by atoms with van der Waals surface area (Å²) in [5.74, 6) is -0.0192. The number of ether oxygens (including phenoxy) is 1. The molecule has 23 heavy (non-hydrogen) atoms. The van der Waals surface area contributed by atoms with Crippen LogP contribution in [0.3, 0.4) is 0 Å². The number of carbonyl (C=O) groups is 3. The number of fused-ring (bicyclic) bond motifs is 9. The SMILES string of the molecule is CCCC(C)COC(=O)C1CC2C(=O)C1C1C3C=CC(C3=O)C21. The summed E-state index contributed by atoms with van der Waals surface area (Å²) in [6.07, 6.45) is 6.66. The lowest BCUT2D eigenvalue weighted by molar-refractivity contribution is -0.154. The zero-order valence-electron chi connectivity index (χ0n) is 13.7. The van der Waals surface area contributed by atoms with E-state index in [4.69, 9.17) is 4.74 Å². The van der Waals surface area contributed by atoms with E-state index in [-0.39, 0.29) is 59.0 Å². The van der Waals surface area contributed by atoms with Crippen molar-refractivity contribution in [3.8, 4) is 0 Å². The van der Waals surface area contributed by atoms with Crippen molar-refractivity contribution in [2.24, 2.45) is 47.3 Å². The summed E-state index contributed by atoms with van der Waals surface area (Å²) in [6, 6.07) is 0. The summed E-state index contributed by atoms with van der Waals surface area (Å²) in [5.41, 5.74) is 0. The maximum atomic E-state index is 12.6. The van der Waals surface area contributed by atoms with E-state index in [2.05, 4.69) is 13.8 Å². The molecule has 8 unspecified atom stereocenters. The van der Waals surface area contributed by atoms with Crippen LogP contribution in [0.25, 0.3) is 0 Å². The quantitative estimate of drug-likeness (QED) is 0.444. The molecule has 0 radical (unpaired) electrons. The van der Waals surface area contributed by atoms with Crippen molar-refractivity contribution in [2.75, 3.05) is 6.61 Å². The van der Waals surface area contributed by atoms with Crippen molar-refractivity contribution in [3.05, 3.63) is 12.2 Å². The molecule has 0 amide bonds. The van der Waals surface area contributed by atoms with Gasteiger partial charge in [0.2, 0.25) is 0 Å². The number of carbonyl (C=O) groups excluding carboxylic acids is 3. The van der Waals surface area contributed by atoms with E-state index < -0.39 is 0 Å². The fourth-order valence-electron chi connectivity index (χ4n) is 5.68. The second kappa shape index (κ2) is 5.29. The monoisotopic (exact) mass is 316 g/mol. The molecule has 0 aromatic heterocycles. The molecule has 0 saturated heterocycles. The maximum Gasteiger partial charge on any atom is 0.309 e. The van der Waals surface area contributed by atoms with Crippen LogP contribution >= 0.6 is 0 Å². The summed E-state index contributed by atoms with van der Waals surface area (Å²) < 4.78 is 5.50. The minimum absolute atomic E-state index is 0.0642. The summed E-state index contributed by atoms with van der Waals surface area (Å²) in [5, 5.41) is 0. The predicted octanol–water partition coefficient (Wildman–Crippen LogP) is 2.42. The first-order valence-electron chi connectivity index (χ1n) is 8.97. The van der Waals surface area contributed by atoms with Gasteiger partial charge in [-0.05, 0) is 30.6 Å². The standard InChI is InChI=1S/C19H24O4/c1-3-4-9(2)8-23-19(22)13-7-12-14-10-5-6-11(17(10)20)15(14)16(13)18(12)21/h5-6,9-16H,3-4,7-8H2,1-2H3. The van der Waals surface area contributed by atoms with Gasteiger partial charge in [-0.15, -0.1) is 0 Å². The normalized spacial score (nSPS) is 44.0. The van der Waals surface area contributed by atoms with E-state index in [1.165, 1.54) is 0 Å². The largest absolute Gasteiger partial charge is 0.465 e. The Labute approximate surface area is 136 Å². The van der Waals surface area contributed by atoms with Gasteiger partial charge in [0.05, 0.1) is 12.5 Å². The molecule has 4 aliphatic rings. The van der Waals surface area contributed by atoms with Gasteiger partial charge in [-0.3, -0.25) is 14.4 Å². The van der Waals surface area contributed by atoms with Crippen molar-refractivity contribution < 1.29 is 19.1 Å². The highest BCUT2D eigenvalue weighted by Gasteiger charge is 2.69. The van der Waals surface area contributed by atoms with Gasteiger partial charge in [-0.2, -0.15) is 0 Å². The number of ketones is 2. The van der Waals surface area contributed by atoms with Gasteiger partial charge in [-0.1, -0.05) is 32.4 Å². The number of Topliss-reactive ketones (excluding diaryl/α,β-unsaturated/α-hetero) is 2. The van der Waals surface area contributed by atoms with Gasteiger partial charge in [-0.25, -0.2) is 0 Å². The van der Waals surface area contributed by atoms with Gasteiger partial charge in [0, 0.05) is 23.7 Å². The highest BCUT2D eigenvalue weighted by molar-refractivity contribution is 6.01. The number of rotatable bonds is 5. The minimum Gasteiger partial charge on any atom is -0.465 e. The second-order valence-electron chi connectivity index (χ2n) is 7.89. The molecule has 124 valence electrons. The van der Waals surface area contributed by atoms with Crippen molar-refractivity contribution in [1.29, 1.82) is 0 Å². The first kappa shape index (κ1) is 15.1. The van der Waals surface area contributed by atoms with Crippen LogP contribution in [0.4, 0.5) is 0 Å². The third-order valence-corrected chi connectivity index (χ3v) is 6.57. The number of allylic oxidation sites excluding steroid dienone is 2. The molecule has 0 aromatic carbocycles. The van der Waals surface area contributed by atoms with Crippen molar-refractivity contribution in [1.82, 2.24) is 0 Å². The van der Waals surface area contributed by atoms with Gasteiger partial charge >= 0.3 is 5.97 Å². The van der Waals surface area contributed by atoms with Crippen LogP contribution in [0, 0.1) is 47.3 Å². The second-order valence-corrected chi connectivity index (χ2v) is 7.89. The molecule has 3 fully saturated rings. The lowest BCUT2D eigenvalue weighted by Gasteiger charge is -2.33. The van der Waals surface area contributed by atoms with Gasteiger partial charge in [0.15, 0.2) is 0 Å². The first-order valence-corrected chi connectivity index (χ1v) is 8.97. The Morgan fingerprint density at radius 2 is 1.91 bits per heavy atom. The Balaban J connectivity index is 1.47. The Hall–Kier alpha value is -1.45. The molecular formula is C19H24O4. The summed E-state index contributed by atoms with van der Waals surface area (Å²) in [7, 11) is 0. The number of hydrogen-bond donors (Lipinski definition) is 0. The molecule has 0 aliphatic heterocycles. The molecule has 8 atom stereocenters. The Kier molecular flexibility index (Phi) is 3.47. The predicted molar refractivity (Wildman–Crippen MR) is 83.2 cm³/mol. The van der Waals surface area contributed by atoms with Crippen molar-refractivity contribution in [2.45, 2.75) is 33.1 Å². The highest BCUT2D eigenvalue weighted by atomic mass is 16.5. The summed E-state index contributed by atoms with van der Waals surface area (Å²) in [4.78, 5) is 37.4. The molecule has 4 heteroatoms. The molecule has 4 bridgehead atoms. The van der Waals surface area contributed by atoms with E-state index in [0.29, 0.717) is 18.9 Å².